The molecule has 0 aromatic heterocycles. The van der Waals surface area contributed by atoms with Gasteiger partial charge in [-0.15, -0.1) is 0 Å². The first-order valence-electron chi connectivity index (χ1n) is 10.4. The molecule has 0 heterocycles. The fourth-order valence-corrected chi connectivity index (χ4v) is 3.98. The number of hydrogen-bond acceptors (Lipinski definition) is 6. The van der Waals surface area contributed by atoms with Crippen LogP contribution in [0, 0.1) is 10.1 Å². The van der Waals surface area contributed by atoms with Gasteiger partial charge in [0.1, 0.15) is 12.6 Å². The number of anilines is 1. The molecule has 0 spiro atoms. The number of sulfonamides is 1. The Hall–Kier alpha value is -3.47. The molecule has 1 atom stereocenters. The van der Waals surface area contributed by atoms with Crippen LogP contribution in [0.4, 0.5) is 11.4 Å². The number of benzene rings is 2. The number of carbonyl (C=O) groups is 2. The summed E-state index contributed by atoms with van der Waals surface area (Å²) in [6.07, 6.45) is 1.64. The summed E-state index contributed by atoms with van der Waals surface area (Å²) in [4.78, 5) is 37.7. The Balaban J connectivity index is 2.38. The van der Waals surface area contributed by atoms with Gasteiger partial charge in [0.25, 0.3) is 5.69 Å². The van der Waals surface area contributed by atoms with Crippen molar-refractivity contribution in [2.75, 3.05) is 23.7 Å². The van der Waals surface area contributed by atoms with Gasteiger partial charge in [-0.25, -0.2) is 8.42 Å². The van der Waals surface area contributed by atoms with Gasteiger partial charge in [0, 0.05) is 25.2 Å². The molecule has 0 aliphatic carbocycles. The van der Waals surface area contributed by atoms with Crippen molar-refractivity contribution in [3.8, 4) is 0 Å². The van der Waals surface area contributed by atoms with E-state index in [0.717, 1.165) is 28.6 Å². The quantitative estimate of drug-likeness (QED) is 0.391. The maximum Gasteiger partial charge on any atom is 0.271 e. The Morgan fingerprint density at radius 2 is 1.79 bits per heavy atom. The van der Waals surface area contributed by atoms with Crippen molar-refractivity contribution in [1.82, 2.24) is 10.2 Å². The van der Waals surface area contributed by atoms with E-state index >= 15 is 0 Å². The zero-order valence-electron chi connectivity index (χ0n) is 18.8. The van der Waals surface area contributed by atoms with E-state index in [1.54, 1.807) is 31.2 Å². The lowest BCUT2D eigenvalue weighted by Gasteiger charge is -2.31. The van der Waals surface area contributed by atoms with Gasteiger partial charge >= 0.3 is 0 Å². The summed E-state index contributed by atoms with van der Waals surface area (Å²) in [6, 6.07) is 13.2. The van der Waals surface area contributed by atoms with Crippen molar-refractivity contribution in [2.45, 2.75) is 32.9 Å². The molecule has 0 bridgehead atoms. The van der Waals surface area contributed by atoms with Crippen LogP contribution in [0.25, 0.3) is 0 Å². The van der Waals surface area contributed by atoms with Crippen molar-refractivity contribution >= 4 is 33.2 Å². The van der Waals surface area contributed by atoms with Gasteiger partial charge in [0.15, 0.2) is 0 Å². The number of nitro benzene ring substituents is 1. The number of non-ortho nitro benzene ring substituents is 1. The minimum atomic E-state index is -3.96. The molecule has 0 saturated carbocycles. The standard InChI is InChI=1S/C22H28N4O6S/c1-4-13-23-22(28)17(2)24(15-18-9-6-5-7-10-18)21(27)16-25(33(3,31)32)19-11-8-12-20(14-19)26(29)30/h5-12,14,17H,4,13,15-16H2,1-3H3,(H,23,28)/t17-/m0/s1. The molecule has 11 heteroatoms. The zero-order chi connectivity index (χ0) is 24.6. The fraction of sp³-hybridized carbons (Fsp3) is 0.364. The highest BCUT2D eigenvalue weighted by Gasteiger charge is 2.30. The zero-order valence-corrected chi connectivity index (χ0v) is 19.6. The topological polar surface area (TPSA) is 130 Å². The van der Waals surface area contributed by atoms with Crippen molar-refractivity contribution < 1.29 is 22.9 Å². The van der Waals surface area contributed by atoms with Gasteiger partial charge in [-0.3, -0.25) is 24.0 Å². The summed E-state index contributed by atoms with van der Waals surface area (Å²) >= 11 is 0. The Morgan fingerprint density at radius 3 is 2.36 bits per heavy atom. The summed E-state index contributed by atoms with van der Waals surface area (Å²) < 4.78 is 25.8. The maximum absolute atomic E-state index is 13.3. The molecule has 2 rings (SSSR count). The Labute approximate surface area is 193 Å². The predicted octanol–water partition coefficient (Wildman–Crippen LogP) is 2.30. The molecular formula is C22H28N4O6S. The summed E-state index contributed by atoms with van der Waals surface area (Å²) in [5, 5.41) is 13.9. The number of amides is 2. The molecule has 10 nitrogen and oxygen atoms in total. The van der Waals surface area contributed by atoms with Crippen LogP contribution in [-0.2, 0) is 26.2 Å². The number of nitrogens with one attached hydrogen (secondary N) is 1. The van der Waals surface area contributed by atoms with E-state index in [1.165, 1.54) is 23.1 Å². The van der Waals surface area contributed by atoms with Crippen LogP contribution in [0.5, 0.6) is 0 Å². The lowest BCUT2D eigenvalue weighted by atomic mass is 10.1. The van der Waals surface area contributed by atoms with E-state index in [0.29, 0.717) is 6.54 Å². The van der Waals surface area contributed by atoms with Crippen molar-refractivity contribution in [2.24, 2.45) is 0 Å². The largest absolute Gasteiger partial charge is 0.354 e. The minimum absolute atomic E-state index is 0.0113. The number of hydrogen-bond donors (Lipinski definition) is 1. The molecule has 2 aromatic rings. The van der Waals surface area contributed by atoms with Gasteiger partial charge in [0.2, 0.25) is 21.8 Å². The molecule has 1 N–H and O–H groups in total. The van der Waals surface area contributed by atoms with E-state index in [4.69, 9.17) is 0 Å². The normalized spacial score (nSPS) is 12.0. The van der Waals surface area contributed by atoms with Crippen molar-refractivity contribution in [3.63, 3.8) is 0 Å². The third-order valence-corrected chi connectivity index (χ3v) is 6.06. The van der Waals surface area contributed by atoms with Gasteiger partial charge in [-0.1, -0.05) is 43.3 Å². The molecule has 178 valence electrons. The highest BCUT2D eigenvalue weighted by atomic mass is 32.2. The summed E-state index contributed by atoms with van der Waals surface area (Å²) in [5.74, 6) is -0.975. The van der Waals surface area contributed by atoms with Crippen LogP contribution < -0.4 is 9.62 Å². The van der Waals surface area contributed by atoms with Crippen LogP contribution in [0.2, 0.25) is 0 Å². The fourth-order valence-electron chi connectivity index (χ4n) is 3.13. The van der Waals surface area contributed by atoms with Crippen LogP contribution in [0.15, 0.2) is 54.6 Å². The van der Waals surface area contributed by atoms with E-state index < -0.39 is 33.4 Å². The number of nitrogens with zero attached hydrogens (tertiary/aromatic N) is 3. The molecule has 0 radical (unpaired) electrons. The lowest BCUT2D eigenvalue weighted by molar-refractivity contribution is -0.384. The van der Waals surface area contributed by atoms with E-state index in [9.17, 15) is 28.1 Å². The molecule has 0 aliphatic rings. The predicted molar refractivity (Wildman–Crippen MR) is 125 cm³/mol. The van der Waals surface area contributed by atoms with Crippen molar-refractivity contribution in [1.29, 1.82) is 0 Å². The highest BCUT2D eigenvalue weighted by Crippen LogP contribution is 2.23. The second-order valence-electron chi connectivity index (χ2n) is 7.52. The number of nitro groups is 1. The second-order valence-corrected chi connectivity index (χ2v) is 9.43. The summed E-state index contributed by atoms with van der Waals surface area (Å²) in [6.45, 7) is 3.40. The third kappa shape index (κ3) is 7.28. The first-order chi connectivity index (χ1) is 15.5. The lowest BCUT2D eigenvalue weighted by Crippen LogP contribution is -2.51. The molecule has 2 aromatic carbocycles. The molecule has 0 aliphatic heterocycles. The molecule has 2 amide bonds. The summed E-state index contributed by atoms with van der Waals surface area (Å²) in [5.41, 5.74) is 0.451. The Kier molecular flexibility index (Phi) is 8.92. The van der Waals surface area contributed by atoms with Crippen LogP contribution >= 0.6 is 0 Å². The smallest absolute Gasteiger partial charge is 0.271 e. The van der Waals surface area contributed by atoms with Gasteiger partial charge in [0.05, 0.1) is 16.9 Å². The Bertz CT molecular complexity index is 1090. The average Bonchev–Trinajstić information content (AvgIpc) is 2.78. The molecule has 0 fully saturated rings. The van der Waals surface area contributed by atoms with E-state index in [2.05, 4.69) is 5.32 Å². The Morgan fingerprint density at radius 1 is 1.12 bits per heavy atom. The third-order valence-electron chi connectivity index (χ3n) is 4.92. The van der Waals surface area contributed by atoms with Crippen LogP contribution in [-0.4, -0.2) is 55.4 Å². The van der Waals surface area contributed by atoms with Gasteiger partial charge in [-0.05, 0) is 25.0 Å². The molecule has 0 unspecified atom stereocenters. The van der Waals surface area contributed by atoms with Crippen LogP contribution in [0.1, 0.15) is 25.8 Å². The monoisotopic (exact) mass is 476 g/mol. The first-order valence-corrected chi connectivity index (χ1v) is 12.2. The molecular weight excluding hydrogens is 448 g/mol. The number of carbonyl (C=O) groups excluding carboxylic acids is 2. The van der Waals surface area contributed by atoms with E-state index in [-0.39, 0.29) is 23.8 Å². The van der Waals surface area contributed by atoms with Crippen molar-refractivity contribution in [3.05, 3.63) is 70.3 Å². The van der Waals surface area contributed by atoms with Gasteiger partial charge < -0.3 is 10.2 Å². The number of rotatable bonds is 11. The average molecular weight is 477 g/mol. The van der Waals surface area contributed by atoms with Gasteiger partial charge in [-0.2, -0.15) is 0 Å². The highest BCUT2D eigenvalue weighted by molar-refractivity contribution is 7.92. The molecule has 33 heavy (non-hydrogen) atoms. The van der Waals surface area contributed by atoms with Crippen LogP contribution in [0.3, 0.4) is 0 Å². The molecule has 0 saturated heterocycles. The maximum atomic E-state index is 13.3. The first kappa shape index (κ1) is 25.8. The SMILES string of the molecule is CCCNC(=O)[C@H](C)N(Cc1ccccc1)C(=O)CN(c1cccc([N+](=O)[O-])c1)S(C)(=O)=O. The summed E-state index contributed by atoms with van der Waals surface area (Å²) in [7, 11) is -3.96. The van der Waals surface area contributed by atoms with E-state index in [1.807, 2.05) is 13.0 Å². The minimum Gasteiger partial charge on any atom is -0.354 e. The second kappa shape index (κ2) is 11.4.